The molecule has 4 aliphatic rings. The van der Waals surface area contributed by atoms with Crippen LogP contribution in [-0.2, 0) is 4.79 Å². The molecule has 30 heavy (non-hydrogen) atoms. The third-order valence-electron chi connectivity index (χ3n) is 7.22. The van der Waals surface area contributed by atoms with Gasteiger partial charge in [0.05, 0.1) is 5.41 Å². The van der Waals surface area contributed by atoms with Gasteiger partial charge < -0.3 is 15.5 Å². The number of nitrogens with zero attached hydrogens (tertiary/aromatic N) is 3. The van der Waals surface area contributed by atoms with E-state index >= 15 is 0 Å². The number of anilines is 4. The van der Waals surface area contributed by atoms with Gasteiger partial charge in [0.1, 0.15) is 5.82 Å². The molecule has 4 fully saturated rings. The molecule has 2 aromatic rings. The molecule has 0 radical (unpaired) electrons. The van der Waals surface area contributed by atoms with Gasteiger partial charge in [-0.15, -0.1) is 0 Å². The molecule has 6 nitrogen and oxygen atoms in total. The number of carbonyl (C=O) groups is 1. The van der Waals surface area contributed by atoms with Crippen LogP contribution >= 0.6 is 0 Å². The first-order chi connectivity index (χ1) is 14.4. The van der Waals surface area contributed by atoms with E-state index in [9.17, 15) is 4.79 Å². The highest BCUT2D eigenvalue weighted by Gasteiger charge is 2.54. The highest BCUT2D eigenvalue weighted by molar-refractivity contribution is 5.95. The average Bonchev–Trinajstić information content (AvgIpc) is 2.68. The third kappa shape index (κ3) is 3.64. The number of aryl methyl sites for hydroxylation is 1. The number of hydrogen-bond acceptors (Lipinski definition) is 5. The van der Waals surface area contributed by atoms with Crippen LogP contribution in [0.1, 0.15) is 44.2 Å². The van der Waals surface area contributed by atoms with E-state index < -0.39 is 0 Å². The van der Waals surface area contributed by atoms with Gasteiger partial charge in [0.15, 0.2) is 0 Å². The maximum atomic E-state index is 13.2. The summed E-state index contributed by atoms with van der Waals surface area (Å²) in [7, 11) is 3.93. The van der Waals surface area contributed by atoms with Crippen molar-refractivity contribution in [1.82, 2.24) is 9.97 Å². The molecule has 1 aromatic carbocycles. The normalized spacial score (nSPS) is 29.0. The Morgan fingerprint density at radius 2 is 1.53 bits per heavy atom. The molecule has 0 spiro atoms. The van der Waals surface area contributed by atoms with E-state index in [0.717, 1.165) is 59.9 Å². The summed E-state index contributed by atoms with van der Waals surface area (Å²) in [6.45, 7) is 1.96. The van der Waals surface area contributed by atoms with E-state index in [2.05, 4.69) is 20.6 Å². The van der Waals surface area contributed by atoms with Gasteiger partial charge in [0.25, 0.3) is 0 Å². The fourth-order valence-electron chi connectivity index (χ4n) is 6.26. The predicted octanol–water partition coefficient (Wildman–Crippen LogP) is 4.75. The van der Waals surface area contributed by atoms with Crippen LogP contribution in [0.25, 0.3) is 0 Å². The van der Waals surface area contributed by atoms with Gasteiger partial charge in [0, 0.05) is 37.2 Å². The SMILES string of the molecule is Cc1cc(N(C)C)nc(Nc2ccc(NC(=O)C34CC5CC(CC(C5)C3)C4)cc2)n1. The van der Waals surface area contributed by atoms with Crippen molar-refractivity contribution in [1.29, 1.82) is 0 Å². The lowest BCUT2D eigenvalue weighted by molar-refractivity contribution is -0.140. The molecular weight excluding hydrogens is 374 g/mol. The molecule has 6 rings (SSSR count). The van der Waals surface area contributed by atoms with Gasteiger partial charge in [0.2, 0.25) is 11.9 Å². The smallest absolute Gasteiger partial charge is 0.230 e. The molecule has 6 heteroatoms. The lowest BCUT2D eigenvalue weighted by Gasteiger charge is -2.55. The second kappa shape index (κ2) is 7.25. The minimum atomic E-state index is -0.121. The van der Waals surface area contributed by atoms with Crippen molar-refractivity contribution in [2.75, 3.05) is 29.6 Å². The number of hydrogen-bond donors (Lipinski definition) is 2. The Bertz CT molecular complexity index is 917. The molecule has 0 atom stereocenters. The summed E-state index contributed by atoms with van der Waals surface area (Å²) in [5.41, 5.74) is 2.55. The molecule has 4 aliphatic carbocycles. The van der Waals surface area contributed by atoms with Crippen LogP contribution in [0.2, 0.25) is 0 Å². The van der Waals surface area contributed by atoms with E-state index in [4.69, 9.17) is 0 Å². The first-order valence-electron chi connectivity index (χ1n) is 11.1. The maximum Gasteiger partial charge on any atom is 0.230 e. The minimum Gasteiger partial charge on any atom is -0.363 e. The van der Waals surface area contributed by atoms with Gasteiger partial charge in [-0.25, -0.2) is 4.98 Å². The van der Waals surface area contributed by atoms with Crippen LogP contribution < -0.4 is 15.5 Å². The number of nitrogens with one attached hydrogen (secondary N) is 2. The summed E-state index contributed by atoms with van der Waals surface area (Å²) in [4.78, 5) is 24.2. The average molecular weight is 406 g/mol. The summed E-state index contributed by atoms with van der Waals surface area (Å²) in [6, 6.07) is 9.81. The van der Waals surface area contributed by atoms with Crippen LogP contribution in [0.5, 0.6) is 0 Å². The van der Waals surface area contributed by atoms with Crippen molar-refractivity contribution in [3.8, 4) is 0 Å². The Balaban J connectivity index is 1.26. The Morgan fingerprint density at radius 3 is 2.10 bits per heavy atom. The number of carbonyl (C=O) groups excluding carboxylic acids is 1. The first-order valence-corrected chi connectivity index (χ1v) is 11.1. The molecule has 0 aliphatic heterocycles. The van der Waals surface area contributed by atoms with Gasteiger partial charge in [-0.3, -0.25) is 4.79 Å². The lowest BCUT2D eigenvalue weighted by atomic mass is 9.49. The molecule has 1 heterocycles. The van der Waals surface area contributed by atoms with E-state index in [1.165, 1.54) is 19.3 Å². The monoisotopic (exact) mass is 405 g/mol. The fraction of sp³-hybridized carbons (Fsp3) is 0.542. The number of aromatic nitrogens is 2. The minimum absolute atomic E-state index is 0.121. The van der Waals surface area contributed by atoms with Crippen LogP contribution in [0.3, 0.4) is 0 Å². The Kier molecular flexibility index (Phi) is 4.68. The topological polar surface area (TPSA) is 70.2 Å². The van der Waals surface area contributed by atoms with E-state index in [1.54, 1.807) is 0 Å². The van der Waals surface area contributed by atoms with Crippen molar-refractivity contribution in [2.45, 2.75) is 45.4 Å². The molecule has 4 saturated carbocycles. The van der Waals surface area contributed by atoms with E-state index in [0.29, 0.717) is 5.95 Å². The van der Waals surface area contributed by atoms with Crippen molar-refractivity contribution in [3.05, 3.63) is 36.0 Å². The van der Waals surface area contributed by atoms with Gasteiger partial charge in [-0.1, -0.05) is 0 Å². The number of amides is 1. The standard InChI is InChI=1S/C24H31N5O/c1-15-8-21(29(2)3)28-23(25-15)27-20-6-4-19(5-7-20)26-22(30)24-12-16-9-17(13-24)11-18(10-16)14-24/h4-8,16-18H,9-14H2,1-3H3,(H,26,30)(H,25,27,28). The highest BCUT2D eigenvalue weighted by Crippen LogP contribution is 2.60. The van der Waals surface area contributed by atoms with Gasteiger partial charge in [-0.05, 0) is 87.5 Å². The van der Waals surface area contributed by atoms with Crippen LogP contribution in [0, 0.1) is 30.1 Å². The van der Waals surface area contributed by atoms with Crippen LogP contribution in [0.4, 0.5) is 23.1 Å². The second-order valence-electron chi connectivity index (χ2n) is 9.94. The lowest BCUT2D eigenvalue weighted by Crippen LogP contribution is -2.51. The van der Waals surface area contributed by atoms with Crippen molar-refractivity contribution in [3.63, 3.8) is 0 Å². The predicted molar refractivity (Wildman–Crippen MR) is 120 cm³/mol. The zero-order valence-electron chi connectivity index (χ0n) is 18.1. The quantitative estimate of drug-likeness (QED) is 0.751. The Hall–Kier alpha value is -2.63. The zero-order valence-corrected chi connectivity index (χ0v) is 18.1. The summed E-state index contributed by atoms with van der Waals surface area (Å²) >= 11 is 0. The molecule has 2 N–H and O–H groups in total. The van der Waals surface area contributed by atoms with E-state index in [1.807, 2.05) is 56.3 Å². The summed E-state index contributed by atoms with van der Waals surface area (Å²) < 4.78 is 0. The second-order valence-corrected chi connectivity index (χ2v) is 9.94. The van der Waals surface area contributed by atoms with Gasteiger partial charge >= 0.3 is 0 Å². The Morgan fingerprint density at radius 1 is 0.967 bits per heavy atom. The van der Waals surface area contributed by atoms with Crippen molar-refractivity contribution >= 4 is 29.0 Å². The Labute approximate surface area is 178 Å². The molecule has 158 valence electrons. The fourth-order valence-corrected chi connectivity index (χ4v) is 6.26. The maximum absolute atomic E-state index is 13.2. The van der Waals surface area contributed by atoms with Crippen molar-refractivity contribution in [2.24, 2.45) is 23.2 Å². The summed E-state index contributed by atoms with van der Waals surface area (Å²) in [5.74, 6) is 3.99. The molecular formula is C24H31N5O. The molecule has 0 unspecified atom stereocenters. The van der Waals surface area contributed by atoms with Crippen molar-refractivity contribution < 1.29 is 4.79 Å². The number of benzene rings is 1. The summed E-state index contributed by atoms with van der Waals surface area (Å²) in [6.07, 6.45) is 7.31. The molecule has 1 amide bonds. The summed E-state index contributed by atoms with van der Waals surface area (Å²) in [5, 5.41) is 6.49. The van der Waals surface area contributed by atoms with Gasteiger partial charge in [-0.2, -0.15) is 4.98 Å². The van der Waals surface area contributed by atoms with Crippen LogP contribution in [-0.4, -0.2) is 30.0 Å². The zero-order chi connectivity index (χ0) is 20.9. The van der Waals surface area contributed by atoms with Crippen LogP contribution in [0.15, 0.2) is 30.3 Å². The highest BCUT2D eigenvalue weighted by atomic mass is 16.2. The van der Waals surface area contributed by atoms with E-state index in [-0.39, 0.29) is 11.3 Å². The molecule has 4 bridgehead atoms. The first kappa shape index (κ1) is 19.3. The third-order valence-corrected chi connectivity index (χ3v) is 7.22. The molecule has 1 aromatic heterocycles. The molecule has 0 saturated heterocycles. The number of rotatable bonds is 5. The largest absolute Gasteiger partial charge is 0.363 e.